The normalized spacial score (nSPS) is 20.2. The predicted octanol–water partition coefficient (Wildman–Crippen LogP) is 2.51. The molecular formula is C22H26N6O. The molecule has 0 saturated heterocycles. The van der Waals surface area contributed by atoms with Crippen LogP contribution in [0.3, 0.4) is 0 Å². The lowest BCUT2D eigenvalue weighted by Crippen LogP contribution is -2.47. The van der Waals surface area contributed by atoms with E-state index in [-0.39, 0.29) is 11.9 Å². The molecule has 1 atom stereocenters. The van der Waals surface area contributed by atoms with Gasteiger partial charge in [-0.15, -0.1) is 0 Å². The molecule has 0 aliphatic heterocycles. The van der Waals surface area contributed by atoms with Gasteiger partial charge in [-0.1, -0.05) is 30.3 Å². The summed E-state index contributed by atoms with van der Waals surface area (Å²) in [5.41, 5.74) is 9.06. The highest BCUT2D eigenvalue weighted by molar-refractivity contribution is 5.82. The molecule has 2 aromatic heterocycles. The lowest BCUT2D eigenvalue weighted by Gasteiger charge is -2.30. The average molecular weight is 390 g/mol. The summed E-state index contributed by atoms with van der Waals surface area (Å²) >= 11 is 0. The summed E-state index contributed by atoms with van der Waals surface area (Å²) in [6, 6.07) is 11.8. The maximum Gasteiger partial charge on any atom is 0.237 e. The number of hydrogen-bond donors (Lipinski definition) is 2. The van der Waals surface area contributed by atoms with E-state index in [1.807, 2.05) is 53.5 Å². The van der Waals surface area contributed by atoms with Gasteiger partial charge in [-0.2, -0.15) is 5.10 Å². The minimum Gasteiger partial charge on any atom is -0.352 e. The zero-order chi connectivity index (χ0) is 20.1. The number of amides is 1. The monoisotopic (exact) mass is 390 g/mol. The highest BCUT2D eigenvalue weighted by atomic mass is 16.2. The maximum absolute atomic E-state index is 12.5. The van der Waals surface area contributed by atoms with E-state index in [2.05, 4.69) is 20.4 Å². The molecule has 0 unspecified atom stereocenters. The van der Waals surface area contributed by atoms with Crippen molar-refractivity contribution in [3.05, 3.63) is 66.9 Å². The van der Waals surface area contributed by atoms with Crippen molar-refractivity contribution in [1.29, 1.82) is 0 Å². The van der Waals surface area contributed by atoms with E-state index in [1.54, 1.807) is 12.5 Å². The first-order valence-corrected chi connectivity index (χ1v) is 10.1. The van der Waals surface area contributed by atoms with E-state index < -0.39 is 6.04 Å². The van der Waals surface area contributed by atoms with Crippen LogP contribution in [0.2, 0.25) is 0 Å². The van der Waals surface area contributed by atoms with E-state index in [1.165, 1.54) is 0 Å². The van der Waals surface area contributed by atoms with Crippen LogP contribution in [0.4, 0.5) is 0 Å². The Bertz CT molecular complexity index is 919. The van der Waals surface area contributed by atoms with E-state index in [9.17, 15) is 4.79 Å². The fourth-order valence-electron chi connectivity index (χ4n) is 3.89. The number of carbonyl (C=O) groups is 1. The highest BCUT2D eigenvalue weighted by Crippen LogP contribution is 2.29. The van der Waals surface area contributed by atoms with Gasteiger partial charge in [0, 0.05) is 24.0 Å². The molecule has 29 heavy (non-hydrogen) atoms. The van der Waals surface area contributed by atoms with Gasteiger partial charge in [0.05, 0.1) is 24.0 Å². The molecule has 0 radical (unpaired) electrons. The third kappa shape index (κ3) is 4.86. The minimum absolute atomic E-state index is 0.0672. The summed E-state index contributed by atoms with van der Waals surface area (Å²) in [7, 11) is 0. The zero-order valence-corrected chi connectivity index (χ0v) is 16.3. The number of carbonyl (C=O) groups excluding carboxylic acids is 1. The van der Waals surface area contributed by atoms with Gasteiger partial charge in [0.1, 0.15) is 6.33 Å². The third-order valence-electron chi connectivity index (χ3n) is 5.53. The number of nitrogens with two attached hydrogens (primary N) is 1. The second-order valence-corrected chi connectivity index (χ2v) is 7.61. The largest absolute Gasteiger partial charge is 0.352 e. The maximum atomic E-state index is 12.5. The topological polar surface area (TPSA) is 98.7 Å². The van der Waals surface area contributed by atoms with Crippen molar-refractivity contribution in [2.24, 2.45) is 5.73 Å². The molecule has 0 spiro atoms. The molecule has 0 bridgehead atoms. The molecular weight excluding hydrogens is 364 g/mol. The van der Waals surface area contributed by atoms with Gasteiger partial charge in [-0.05, 0) is 43.7 Å². The third-order valence-corrected chi connectivity index (χ3v) is 5.53. The molecule has 2 heterocycles. The van der Waals surface area contributed by atoms with Crippen molar-refractivity contribution < 1.29 is 4.79 Å². The first kappa shape index (κ1) is 19.3. The number of aromatic nitrogens is 4. The molecule has 3 aromatic rings. The first-order valence-electron chi connectivity index (χ1n) is 10.1. The van der Waals surface area contributed by atoms with Gasteiger partial charge < -0.3 is 11.1 Å². The Morgan fingerprint density at radius 3 is 2.69 bits per heavy atom. The second-order valence-electron chi connectivity index (χ2n) is 7.61. The van der Waals surface area contributed by atoms with E-state index in [0.717, 1.165) is 42.5 Å². The van der Waals surface area contributed by atoms with Crippen LogP contribution < -0.4 is 11.1 Å². The fourth-order valence-corrected chi connectivity index (χ4v) is 3.89. The summed E-state index contributed by atoms with van der Waals surface area (Å²) in [4.78, 5) is 20.7. The Morgan fingerprint density at radius 2 is 1.97 bits per heavy atom. The predicted molar refractivity (Wildman–Crippen MR) is 111 cm³/mol. The number of benzene rings is 1. The molecule has 1 saturated carbocycles. The standard InChI is InChI=1S/C22H26N6O/c23-20(12-16-4-2-1-3-5-16)22(29)27-18-6-8-19(9-7-18)28-14-17(13-26-28)21-10-11-24-15-25-21/h1-5,10-11,13-15,18-20H,6-9,12,23H2,(H,27,29)/t18?,19?,20-/m0/s1. The highest BCUT2D eigenvalue weighted by Gasteiger charge is 2.25. The van der Waals surface area contributed by atoms with E-state index >= 15 is 0 Å². The Hall–Kier alpha value is -3.06. The van der Waals surface area contributed by atoms with Crippen molar-refractivity contribution in [2.45, 2.75) is 50.2 Å². The molecule has 150 valence electrons. The van der Waals surface area contributed by atoms with E-state index in [4.69, 9.17) is 5.73 Å². The van der Waals surface area contributed by atoms with Crippen molar-refractivity contribution in [2.75, 3.05) is 0 Å². The first-order chi connectivity index (χ1) is 14.2. The molecule has 1 amide bonds. The lowest BCUT2D eigenvalue weighted by atomic mass is 9.91. The fraction of sp³-hybridized carbons (Fsp3) is 0.364. The van der Waals surface area contributed by atoms with E-state index in [0.29, 0.717) is 12.5 Å². The second kappa shape index (κ2) is 8.96. The summed E-state index contributed by atoms with van der Waals surface area (Å²) in [5, 5.41) is 7.66. The zero-order valence-electron chi connectivity index (χ0n) is 16.3. The molecule has 7 nitrogen and oxygen atoms in total. The molecule has 1 aliphatic carbocycles. The van der Waals surface area contributed by atoms with Crippen LogP contribution in [0.25, 0.3) is 11.3 Å². The Morgan fingerprint density at radius 1 is 1.17 bits per heavy atom. The Balaban J connectivity index is 1.27. The van der Waals surface area contributed by atoms with Crippen LogP contribution in [0.1, 0.15) is 37.3 Å². The van der Waals surface area contributed by atoms with Gasteiger partial charge in [-0.25, -0.2) is 9.97 Å². The lowest BCUT2D eigenvalue weighted by molar-refractivity contribution is -0.123. The quantitative estimate of drug-likeness (QED) is 0.674. The van der Waals surface area contributed by atoms with Gasteiger partial charge >= 0.3 is 0 Å². The van der Waals surface area contributed by atoms with Crippen LogP contribution >= 0.6 is 0 Å². The molecule has 1 fully saturated rings. The van der Waals surface area contributed by atoms with Crippen LogP contribution in [0, 0.1) is 0 Å². The Kier molecular flexibility index (Phi) is 5.95. The molecule has 4 rings (SSSR count). The molecule has 1 aliphatic rings. The van der Waals surface area contributed by atoms with Crippen LogP contribution in [-0.2, 0) is 11.2 Å². The molecule has 7 heteroatoms. The van der Waals surface area contributed by atoms with Crippen molar-refractivity contribution >= 4 is 5.91 Å². The number of hydrogen-bond acceptors (Lipinski definition) is 5. The van der Waals surface area contributed by atoms with Crippen LogP contribution in [0.15, 0.2) is 61.3 Å². The van der Waals surface area contributed by atoms with Gasteiger partial charge in [-0.3, -0.25) is 9.48 Å². The van der Waals surface area contributed by atoms with Gasteiger partial charge in [0.15, 0.2) is 0 Å². The van der Waals surface area contributed by atoms with Gasteiger partial charge in [0.25, 0.3) is 0 Å². The van der Waals surface area contributed by atoms with Crippen LogP contribution in [-0.4, -0.2) is 37.7 Å². The summed E-state index contributed by atoms with van der Waals surface area (Å²) in [6.45, 7) is 0. The number of nitrogens with one attached hydrogen (secondary N) is 1. The van der Waals surface area contributed by atoms with Crippen molar-refractivity contribution in [3.63, 3.8) is 0 Å². The minimum atomic E-state index is -0.517. The summed E-state index contributed by atoms with van der Waals surface area (Å²) in [6.07, 6.45) is 11.5. The summed E-state index contributed by atoms with van der Waals surface area (Å²) in [5.74, 6) is -0.0672. The smallest absolute Gasteiger partial charge is 0.237 e. The van der Waals surface area contributed by atoms with Crippen LogP contribution in [0.5, 0.6) is 0 Å². The van der Waals surface area contributed by atoms with Crippen molar-refractivity contribution in [3.8, 4) is 11.3 Å². The summed E-state index contributed by atoms with van der Waals surface area (Å²) < 4.78 is 2.02. The molecule has 1 aromatic carbocycles. The number of nitrogens with zero attached hydrogens (tertiary/aromatic N) is 4. The van der Waals surface area contributed by atoms with Gasteiger partial charge in [0.2, 0.25) is 5.91 Å². The Labute approximate surface area is 170 Å². The number of rotatable bonds is 6. The average Bonchev–Trinajstić information content (AvgIpc) is 3.26. The van der Waals surface area contributed by atoms with Crippen molar-refractivity contribution in [1.82, 2.24) is 25.1 Å². The molecule has 3 N–H and O–H groups in total. The SMILES string of the molecule is N[C@@H](Cc1ccccc1)C(=O)NC1CCC(n2cc(-c3ccncn3)cn2)CC1.